The van der Waals surface area contributed by atoms with E-state index in [-0.39, 0.29) is 5.97 Å². The summed E-state index contributed by atoms with van der Waals surface area (Å²) in [4.78, 5) is 17.5. The maximum Gasteiger partial charge on any atom is 0.323 e. The van der Waals surface area contributed by atoms with Crippen molar-refractivity contribution in [3.8, 4) is 6.07 Å². The zero-order valence-electron chi connectivity index (χ0n) is 16.4. The molecular formula is C24H22N2O2S. The Morgan fingerprint density at radius 2 is 2.03 bits per heavy atom. The third-order valence-electron chi connectivity index (χ3n) is 5.39. The number of aryl methyl sites for hydroxylation is 1. The second-order valence-corrected chi connectivity index (χ2v) is 8.26. The maximum atomic E-state index is 12.6. The molecule has 0 spiro atoms. The normalized spacial score (nSPS) is 15.9. The molecule has 2 aliphatic carbocycles. The molecule has 1 heterocycles. The molecule has 2 aromatic rings. The second kappa shape index (κ2) is 8.67. The number of allylic oxidation sites excluding steroid dienone is 4. The zero-order chi connectivity index (χ0) is 20.2. The van der Waals surface area contributed by atoms with E-state index in [2.05, 4.69) is 18.2 Å². The first-order chi connectivity index (χ1) is 14.2. The quantitative estimate of drug-likeness (QED) is 0.509. The molecule has 2 aliphatic rings. The Morgan fingerprint density at radius 3 is 2.72 bits per heavy atom. The Kier molecular flexibility index (Phi) is 5.82. The molecular weight excluding hydrogens is 380 g/mol. The maximum absolute atomic E-state index is 12.6. The van der Waals surface area contributed by atoms with E-state index in [0.29, 0.717) is 10.6 Å². The first-order valence-electron chi connectivity index (χ1n) is 9.84. The number of pyridine rings is 1. The van der Waals surface area contributed by atoms with E-state index in [1.807, 2.05) is 36.4 Å². The molecule has 0 radical (unpaired) electrons. The lowest BCUT2D eigenvalue weighted by Gasteiger charge is -2.23. The van der Waals surface area contributed by atoms with E-state index in [0.717, 1.165) is 48.9 Å². The lowest BCUT2D eigenvalue weighted by Crippen LogP contribution is -2.15. The van der Waals surface area contributed by atoms with E-state index in [9.17, 15) is 10.1 Å². The number of methoxy groups -OCH3 is 1. The number of nitrogens with zero attached hydrogens (tertiary/aromatic N) is 2. The molecule has 29 heavy (non-hydrogen) atoms. The van der Waals surface area contributed by atoms with Crippen molar-refractivity contribution < 1.29 is 9.53 Å². The van der Waals surface area contributed by atoms with Gasteiger partial charge in [-0.2, -0.15) is 5.26 Å². The van der Waals surface area contributed by atoms with Crippen LogP contribution in [0, 0.1) is 11.3 Å². The minimum absolute atomic E-state index is 0.340. The van der Waals surface area contributed by atoms with Crippen LogP contribution in [-0.4, -0.2) is 18.1 Å². The zero-order valence-corrected chi connectivity index (χ0v) is 17.2. The number of carbonyl (C=O) groups is 1. The van der Waals surface area contributed by atoms with Crippen LogP contribution in [0.2, 0.25) is 0 Å². The Bertz CT molecular complexity index is 1040. The monoisotopic (exact) mass is 402 g/mol. The van der Waals surface area contributed by atoms with E-state index in [1.54, 1.807) is 0 Å². The number of rotatable bonds is 5. The molecule has 0 saturated heterocycles. The summed E-state index contributed by atoms with van der Waals surface area (Å²) < 4.78 is 5.06. The molecule has 4 nitrogen and oxygen atoms in total. The summed E-state index contributed by atoms with van der Waals surface area (Å²) in [5.74, 6) is -0.340. The molecule has 0 saturated carbocycles. The van der Waals surface area contributed by atoms with Crippen LogP contribution in [0.3, 0.4) is 0 Å². The van der Waals surface area contributed by atoms with Crippen LogP contribution in [0.25, 0.3) is 5.57 Å². The number of thioether (sulfide) groups is 1. The molecule has 146 valence electrons. The highest BCUT2D eigenvalue weighted by molar-refractivity contribution is 8.00. The van der Waals surface area contributed by atoms with Crippen LogP contribution in [-0.2, 0) is 22.4 Å². The average Bonchev–Trinajstić information content (AvgIpc) is 3.31. The van der Waals surface area contributed by atoms with Crippen molar-refractivity contribution in [3.05, 3.63) is 76.5 Å². The van der Waals surface area contributed by atoms with Gasteiger partial charge in [0.05, 0.1) is 12.7 Å². The Labute approximate surface area is 175 Å². The highest BCUT2D eigenvalue weighted by Crippen LogP contribution is 2.42. The van der Waals surface area contributed by atoms with Crippen LogP contribution in [0.5, 0.6) is 0 Å². The summed E-state index contributed by atoms with van der Waals surface area (Å²) in [5.41, 5.74) is 5.89. The third kappa shape index (κ3) is 3.86. The Morgan fingerprint density at radius 1 is 1.24 bits per heavy atom. The number of aromatic nitrogens is 1. The number of hydrogen-bond acceptors (Lipinski definition) is 5. The van der Waals surface area contributed by atoms with Gasteiger partial charge in [0.2, 0.25) is 0 Å². The van der Waals surface area contributed by atoms with Crippen LogP contribution < -0.4 is 0 Å². The predicted octanol–water partition coefficient (Wildman–Crippen LogP) is 5.18. The molecule has 5 heteroatoms. The molecule has 0 N–H and O–H groups in total. The Hall–Kier alpha value is -2.84. The number of nitriles is 1. The van der Waals surface area contributed by atoms with Crippen LogP contribution >= 0.6 is 11.8 Å². The van der Waals surface area contributed by atoms with E-state index in [1.165, 1.54) is 30.0 Å². The highest BCUT2D eigenvalue weighted by atomic mass is 32.2. The van der Waals surface area contributed by atoms with Gasteiger partial charge in [0, 0.05) is 11.3 Å². The number of fused-ring (bicyclic) bond motifs is 1. The molecule has 1 atom stereocenters. The molecule has 0 bridgehead atoms. The lowest BCUT2D eigenvalue weighted by molar-refractivity contribution is -0.140. The van der Waals surface area contributed by atoms with Gasteiger partial charge in [0.15, 0.2) is 0 Å². The van der Waals surface area contributed by atoms with Crippen molar-refractivity contribution in [2.24, 2.45) is 0 Å². The fourth-order valence-corrected chi connectivity index (χ4v) is 5.13. The number of hydrogen-bond donors (Lipinski definition) is 0. The van der Waals surface area contributed by atoms with E-state index < -0.39 is 5.25 Å². The summed E-state index contributed by atoms with van der Waals surface area (Å²) in [6.45, 7) is 0. The van der Waals surface area contributed by atoms with Gasteiger partial charge in [-0.25, -0.2) is 4.98 Å². The predicted molar refractivity (Wildman–Crippen MR) is 114 cm³/mol. The number of benzene rings is 1. The molecule has 0 aliphatic heterocycles. The van der Waals surface area contributed by atoms with Gasteiger partial charge in [-0.1, -0.05) is 60.3 Å². The van der Waals surface area contributed by atoms with Gasteiger partial charge in [-0.3, -0.25) is 4.79 Å². The van der Waals surface area contributed by atoms with Gasteiger partial charge in [0.25, 0.3) is 0 Å². The first-order valence-corrected chi connectivity index (χ1v) is 10.7. The van der Waals surface area contributed by atoms with Crippen LogP contribution in [0.15, 0.2) is 53.6 Å². The summed E-state index contributed by atoms with van der Waals surface area (Å²) in [7, 11) is 1.39. The summed E-state index contributed by atoms with van der Waals surface area (Å²) in [6.07, 6.45) is 11.2. The standard InChI is InChI=1S/C24H22N2O2S/c1-28-24(27)22(17-11-3-2-4-12-17)29-23-19(15-25)21(16-9-5-6-10-16)18-13-7-8-14-20(18)26-23/h2-6,9,11-12,22H,7-8,10,13-14H2,1H3. The minimum Gasteiger partial charge on any atom is -0.468 e. The van der Waals surface area contributed by atoms with Gasteiger partial charge in [-0.15, -0.1) is 0 Å². The third-order valence-corrected chi connectivity index (χ3v) is 6.61. The summed E-state index contributed by atoms with van der Waals surface area (Å²) in [6, 6.07) is 11.9. The van der Waals surface area contributed by atoms with E-state index >= 15 is 0 Å². The number of esters is 1. The van der Waals surface area contributed by atoms with Crippen molar-refractivity contribution >= 4 is 23.3 Å². The SMILES string of the molecule is COC(=O)C(Sc1nc2c(c(C3=CC=CC3)c1C#N)CCCC2)c1ccccc1. The van der Waals surface area contributed by atoms with Gasteiger partial charge in [0.1, 0.15) is 16.3 Å². The van der Waals surface area contributed by atoms with Crippen molar-refractivity contribution in [2.45, 2.75) is 42.4 Å². The van der Waals surface area contributed by atoms with Crippen molar-refractivity contribution in [2.75, 3.05) is 7.11 Å². The fourth-order valence-electron chi connectivity index (χ4n) is 3.99. The molecule has 1 aromatic heterocycles. The number of carbonyl (C=O) groups excluding carboxylic acids is 1. The molecule has 0 fully saturated rings. The van der Waals surface area contributed by atoms with Gasteiger partial charge < -0.3 is 4.74 Å². The van der Waals surface area contributed by atoms with Crippen LogP contribution in [0.1, 0.15) is 52.5 Å². The topological polar surface area (TPSA) is 63.0 Å². The summed E-state index contributed by atoms with van der Waals surface area (Å²) >= 11 is 1.32. The number of ether oxygens (including phenoxy) is 1. The summed E-state index contributed by atoms with van der Waals surface area (Å²) in [5, 5.41) is 10.1. The second-order valence-electron chi connectivity index (χ2n) is 7.17. The van der Waals surface area contributed by atoms with E-state index in [4.69, 9.17) is 9.72 Å². The minimum atomic E-state index is -0.564. The lowest BCUT2D eigenvalue weighted by atomic mass is 9.86. The van der Waals surface area contributed by atoms with Crippen molar-refractivity contribution in [1.82, 2.24) is 4.98 Å². The van der Waals surface area contributed by atoms with Crippen LogP contribution in [0.4, 0.5) is 0 Å². The first kappa shape index (κ1) is 19.5. The highest BCUT2D eigenvalue weighted by Gasteiger charge is 2.29. The van der Waals surface area contributed by atoms with Crippen molar-refractivity contribution in [3.63, 3.8) is 0 Å². The average molecular weight is 403 g/mol. The Balaban J connectivity index is 1.83. The van der Waals surface area contributed by atoms with Crippen molar-refractivity contribution in [1.29, 1.82) is 5.26 Å². The van der Waals surface area contributed by atoms with Gasteiger partial charge in [-0.05, 0) is 48.8 Å². The molecule has 0 amide bonds. The largest absolute Gasteiger partial charge is 0.468 e. The fraction of sp³-hybridized carbons (Fsp3) is 0.292. The molecule has 1 aromatic carbocycles. The molecule has 4 rings (SSSR count). The molecule has 1 unspecified atom stereocenters. The van der Waals surface area contributed by atoms with Gasteiger partial charge >= 0.3 is 5.97 Å². The smallest absolute Gasteiger partial charge is 0.323 e.